The number of fused-ring (bicyclic) bond motifs is 3. The fraction of sp³-hybridized carbons (Fsp3) is 0.219. The number of hydrogen-bond donors (Lipinski definition) is 0. The molecule has 10 aromatic rings. The topological polar surface area (TPSA) is 35.9 Å². The van der Waals surface area contributed by atoms with Crippen LogP contribution in [0.2, 0.25) is 0 Å². The van der Waals surface area contributed by atoms with Crippen LogP contribution in [0.15, 0.2) is 194 Å². The summed E-state index contributed by atoms with van der Waals surface area (Å²) in [6.07, 6.45) is 8.02. The van der Waals surface area contributed by atoms with Crippen LogP contribution in [0.3, 0.4) is 0 Å². The summed E-state index contributed by atoms with van der Waals surface area (Å²) in [4.78, 5) is 4.99. The molecule has 0 saturated heterocycles. The zero-order chi connectivity index (χ0) is 48.3. The maximum atomic E-state index is 7.08. The van der Waals surface area contributed by atoms with Gasteiger partial charge in [0, 0.05) is 40.1 Å². The van der Waals surface area contributed by atoms with Crippen molar-refractivity contribution in [2.45, 2.75) is 90.9 Å². The molecule has 0 amide bonds. The zero-order valence-electron chi connectivity index (χ0n) is 41.7. The summed E-state index contributed by atoms with van der Waals surface area (Å²) in [5.41, 5.74) is 12.9. The van der Waals surface area contributed by atoms with Gasteiger partial charge in [-0.3, -0.25) is 13.7 Å². The third-order valence-electron chi connectivity index (χ3n) is 14.1. The van der Waals surface area contributed by atoms with E-state index in [1.807, 2.05) is 6.20 Å². The van der Waals surface area contributed by atoms with E-state index in [-0.39, 0.29) is 16.2 Å². The molecule has 0 aliphatic rings. The van der Waals surface area contributed by atoms with E-state index in [1.54, 1.807) is 0 Å². The number of hydrogen-bond acceptors (Lipinski definition) is 2. The largest absolute Gasteiger partial charge is 0.458 e. The minimum absolute atomic E-state index is 0.00649. The molecular weight excluding hydrogens is 841 g/mol. The molecule has 344 valence electrons. The summed E-state index contributed by atoms with van der Waals surface area (Å²) in [5.74, 6) is 2.34. The van der Waals surface area contributed by atoms with Gasteiger partial charge in [-0.25, -0.2) is 4.98 Å². The van der Waals surface area contributed by atoms with E-state index in [4.69, 9.17) is 9.72 Å². The predicted molar refractivity (Wildman–Crippen MR) is 285 cm³/mol. The second-order valence-electron chi connectivity index (χ2n) is 21.7. The first-order valence-corrected chi connectivity index (χ1v) is 24.2. The number of aromatic nitrogens is 4. The van der Waals surface area contributed by atoms with Gasteiger partial charge in [-0.1, -0.05) is 178 Å². The van der Waals surface area contributed by atoms with Crippen LogP contribution in [0.5, 0.6) is 11.5 Å². The van der Waals surface area contributed by atoms with E-state index in [9.17, 15) is 0 Å². The van der Waals surface area contributed by atoms with Gasteiger partial charge in [0.15, 0.2) is 0 Å². The smallest absolute Gasteiger partial charge is 0.269 e. The monoisotopic (exact) mass is 902 g/mol. The van der Waals surface area contributed by atoms with Crippen molar-refractivity contribution in [1.82, 2.24) is 14.1 Å². The standard InChI is InChI=1S/C64H62N4O/c1-61(2,3)48-29-32-57-56(38-48)55-31-30-53(41-58(55)68(57)60-39-49(33-34-65-60)62(4,5)6)69-54-36-45(44-21-14-11-15-22-44)35-52(40-54)67-43-66(42-59(67)64(9,10)47-25-18-13-19-26-47)51-28-20-27-50(37-51)63(7,8)46-23-16-12-17-24-46/h11-42H,1-10H3. The van der Waals surface area contributed by atoms with Gasteiger partial charge in [-0.2, -0.15) is 0 Å². The molecule has 0 saturated carbocycles. The Balaban J connectivity index is 1.14. The number of imidazole rings is 1. The van der Waals surface area contributed by atoms with E-state index >= 15 is 0 Å². The third kappa shape index (κ3) is 8.67. The highest BCUT2D eigenvalue weighted by atomic mass is 16.5. The number of benzene rings is 7. The van der Waals surface area contributed by atoms with Gasteiger partial charge in [0.1, 0.15) is 17.3 Å². The fourth-order valence-electron chi connectivity index (χ4n) is 9.70. The molecule has 0 aliphatic carbocycles. The van der Waals surface area contributed by atoms with Gasteiger partial charge in [0.05, 0.1) is 28.1 Å². The molecule has 0 unspecified atom stereocenters. The van der Waals surface area contributed by atoms with Crippen LogP contribution >= 0.6 is 0 Å². The summed E-state index contributed by atoms with van der Waals surface area (Å²) in [6, 6.07) is 65.2. The van der Waals surface area contributed by atoms with E-state index in [2.05, 4.69) is 277 Å². The lowest BCUT2D eigenvalue weighted by Gasteiger charge is -2.27. The van der Waals surface area contributed by atoms with E-state index in [0.717, 1.165) is 61.9 Å². The molecule has 0 fully saturated rings. The predicted octanol–water partition coefficient (Wildman–Crippen LogP) is 15.8. The van der Waals surface area contributed by atoms with Gasteiger partial charge >= 0.3 is 0 Å². The summed E-state index contributed by atoms with van der Waals surface area (Å²) in [5, 5.41) is 2.35. The Hall–Kier alpha value is -7.50. The number of ether oxygens (including phenoxy) is 1. The van der Waals surface area contributed by atoms with E-state index in [0.29, 0.717) is 0 Å². The van der Waals surface area contributed by atoms with Crippen molar-refractivity contribution in [1.29, 1.82) is 0 Å². The molecular formula is C64H62N4O. The molecule has 10 rings (SSSR count). The Labute approximate surface area is 408 Å². The van der Waals surface area contributed by atoms with E-state index < -0.39 is 5.41 Å². The normalized spacial score (nSPS) is 12.5. The van der Waals surface area contributed by atoms with Gasteiger partial charge in [-0.15, -0.1) is 0 Å². The number of nitrogens with zero attached hydrogens (tertiary/aromatic N) is 4. The molecule has 0 bridgehead atoms. The lowest BCUT2D eigenvalue weighted by Crippen LogP contribution is -2.30. The molecule has 7 aromatic carbocycles. The molecule has 0 N–H and O–H groups in total. The minimum Gasteiger partial charge on any atom is -0.458 e. The van der Waals surface area contributed by atoms with Gasteiger partial charge in [0.25, 0.3) is 6.33 Å². The Morgan fingerprint density at radius 3 is 1.78 bits per heavy atom. The maximum absolute atomic E-state index is 7.08. The molecule has 5 heteroatoms. The Morgan fingerprint density at radius 2 is 1.10 bits per heavy atom. The highest BCUT2D eigenvalue weighted by molar-refractivity contribution is 6.09. The molecule has 0 aliphatic heterocycles. The average Bonchev–Trinajstić information content (AvgIpc) is 3.95. The van der Waals surface area contributed by atoms with Gasteiger partial charge in [0.2, 0.25) is 0 Å². The number of rotatable bonds is 10. The maximum Gasteiger partial charge on any atom is 0.269 e. The van der Waals surface area contributed by atoms with Crippen LogP contribution in [0.25, 0.3) is 50.1 Å². The second-order valence-corrected chi connectivity index (χ2v) is 21.7. The first-order chi connectivity index (χ1) is 32.9. The zero-order valence-corrected chi connectivity index (χ0v) is 41.7. The summed E-state index contributed by atoms with van der Waals surface area (Å²) in [6.45, 7) is 22.7. The average molecular weight is 903 g/mol. The quantitative estimate of drug-likeness (QED) is 0.101. The van der Waals surface area contributed by atoms with Crippen molar-refractivity contribution < 1.29 is 9.30 Å². The molecule has 0 spiro atoms. The fourth-order valence-corrected chi connectivity index (χ4v) is 9.70. The molecule has 3 heterocycles. The molecule has 69 heavy (non-hydrogen) atoms. The first-order valence-electron chi connectivity index (χ1n) is 24.2. The van der Waals surface area contributed by atoms with Crippen molar-refractivity contribution in [2.24, 2.45) is 0 Å². The van der Waals surface area contributed by atoms with Crippen LogP contribution in [0.4, 0.5) is 0 Å². The van der Waals surface area contributed by atoms with Crippen molar-refractivity contribution in [3.05, 3.63) is 234 Å². The Bertz CT molecular complexity index is 3470. The van der Waals surface area contributed by atoms with Gasteiger partial charge in [-0.05, 0) is 117 Å². The van der Waals surface area contributed by atoms with Crippen LogP contribution in [0.1, 0.15) is 103 Å². The number of pyridine rings is 1. The highest BCUT2D eigenvalue weighted by Crippen LogP contribution is 2.40. The van der Waals surface area contributed by atoms with Crippen molar-refractivity contribution in [2.75, 3.05) is 0 Å². The van der Waals surface area contributed by atoms with Crippen LogP contribution in [-0.4, -0.2) is 14.1 Å². The SMILES string of the molecule is CC(C)(C)c1ccnc(-n2c3ccc(C(C)(C)C)cc3c3ccc(Oc4cc(-c5ccccc5)cc(-n5[c-][n+](-c6cccc(C(C)(C)c7ccccc7)c6)cc5C(C)(C)c5ccccc5)c4)cc32)c1. The van der Waals surface area contributed by atoms with Crippen LogP contribution < -0.4 is 9.30 Å². The lowest BCUT2D eigenvalue weighted by molar-refractivity contribution is -0.599. The van der Waals surface area contributed by atoms with Crippen molar-refractivity contribution in [3.8, 4) is 39.8 Å². The van der Waals surface area contributed by atoms with E-state index in [1.165, 1.54) is 33.2 Å². The van der Waals surface area contributed by atoms with Crippen molar-refractivity contribution >= 4 is 21.8 Å². The lowest BCUT2D eigenvalue weighted by atomic mass is 9.78. The Kier molecular flexibility index (Phi) is 11.3. The van der Waals surface area contributed by atoms with Crippen LogP contribution in [-0.2, 0) is 21.7 Å². The minimum atomic E-state index is -0.405. The Morgan fingerprint density at radius 1 is 0.464 bits per heavy atom. The van der Waals surface area contributed by atoms with Gasteiger partial charge < -0.3 is 4.74 Å². The van der Waals surface area contributed by atoms with Crippen molar-refractivity contribution in [3.63, 3.8) is 0 Å². The molecule has 3 aromatic heterocycles. The third-order valence-corrected chi connectivity index (χ3v) is 14.1. The molecule has 0 radical (unpaired) electrons. The highest BCUT2D eigenvalue weighted by Gasteiger charge is 2.30. The molecule has 0 atom stereocenters. The second kappa shape index (κ2) is 17.2. The van der Waals surface area contributed by atoms with Crippen LogP contribution in [0, 0.1) is 6.33 Å². The summed E-state index contributed by atoms with van der Waals surface area (Å²) in [7, 11) is 0. The molecule has 5 nitrogen and oxygen atoms in total. The first kappa shape index (κ1) is 45.3. The summed E-state index contributed by atoms with van der Waals surface area (Å²) < 4.78 is 13.8. The summed E-state index contributed by atoms with van der Waals surface area (Å²) >= 11 is 0.